The van der Waals surface area contributed by atoms with Crippen LogP contribution < -0.4 is 16.8 Å². The van der Waals surface area contributed by atoms with Crippen LogP contribution in [0.1, 0.15) is 22.5 Å². The highest BCUT2D eigenvalue weighted by Crippen LogP contribution is 2.17. The van der Waals surface area contributed by atoms with Crippen molar-refractivity contribution >= 4 is 29.1 Å². The lowest BCUT2D eigenvalue weighted by Gasteiger charge is -2.30. The van der Waals surface area contributed by atoms with E-state index in [4.69, 9.17) is 23.1 Å². The molecule has 0 unspecified atom stereocenters. The minimum Gasteiger partial charge on any atom is -0.508 e. The number of nitrogens with zero attached hydrogens (tertiary/aromatic N) is 3. The van der Waals surface area contributed by atoms with Crippen LogP contribution >= 0.6 is 11.6 Å². The Morgan fingerprint density at radius 3 is 2.48 bits per heavy atom. The lowest BCUT2D eigenvalue weighted by Crippen LogP contribution is -2.46. The number of benzene rings is 1. The molecule has 0 aliphatic heterocycles. The summed E-state index contributed by atoms with van der Waals surface area (Å²) in [4.78, 5) is 19.9. The van der Waals surface area contributed by atoms with Crippen molar-refractivity contribution in [3.8, 4) is 5.75 Å². The number of rotatable bonds is 8. The third-order valence-electron chi connectivity index (χ3n) is 4.29. The number of aryl methyl sites for hydroxylation is 1. The van der Waals surface area contributed by atoms with Crippen LogP contribution in [0.5, 0.6) is 5.75 Å². The SMILES string of the molecule is C[N+](C)(CCCc1ccc(O)cc1)CCNC(=O)c1nc(Cl)c(N)nc1N. The van der Waals surface area contributed by atoms with E-state index in [1.165, 1.54) is 5.56 Å². The molecule has 0 bridgehead atoms. The Morgan fingerprint density at radius 1 is 1.15 bits per heavy atom. The van der Waals surface area contributed by atoms with Crippen LogP contribution in [0, 0.1) is 0 Å². The number of anilines is 2. The van der Waals surface area contributed by atoms with Gasteiger partial charge in [-0.1, -0.05) is 23.7 Å². The molecule has 1 heterocycles. The molecule has 2 aromatic rings. The molecule has 1 aromatic carbocycles. The molecule has 9 heteroatoms. The number of amides is 1. The number of nitrogens with two attached hydrogens (primary N) is 2. The van der Waals surface area contributed by atoms with E-state index < -0.39 is 5.91 Å². The number of nitrogen functional groups attached to an aromatic ring is 2. The minimum absolute atomic E-state index is 0.00264. The zero-order chi connectivity index (χ0) is 20.0. The van der Waals surface area contributed by atoms with Crippen molar-refractivity contribution < 1.29 is 14.4 Å². The summed E-state index contributed by atoms with van der Waals surface area (Å²) < 4.78 is 0.752. The molecule has 0 fully saturated rings. The van der Waals surface area contributed by atoms with Gasteiger partial charge in [-0.2, -0.15) is 0 Å². The number of carbonyl (C=O) groups is 1. The molecule has 0 aliphatic rings. The number of quaternary nitrogens is 1. The fourth-order valence-corrected chi connectivity index (χ4v) is 2.78. The van der Waals surface area contributed by atoms with E-state index in [1.54, 1.807) is 12.1 Å². The van der Waals surface area contributed by atoms with Crippen LogP contribution in [-0.2, 0) is 6.42 Å². The molecular weight excluding hydrogens is 368 g/mol. The second kappa shape index (κ2) is 8.88. The first kappa shape index (κ1) is 20.7. The molecule has 8 nitrogen and oxygen atoms in total. The lowest BCUT2D eigenvalue weighted by molar-refractivity contribution is -0.889. The van der Waals surface area contributed by atoms with Crippen molar-refractivity contribution in [2.75, 3.05) is 45.2 Å². The standard InChI is InChI=1S/C18H25ClN6O2/c1-25(2,10-3-4-12-5-7-13(26)8-6-12)11-9-22-18(27)14-16(20)24-17(21)15(19)23-14/h5-8H,3-4,9-11H2,1-2H3,(H5-,20,21,22,24,26,27)/p+1. The molecule has 2 rings (SSSR count). The number of hydrogen-bond donors (Lipinski definition) is 4. The lowest BCUT2D eigenvalue weighted by atomic mass is 10.1. The average molecular weight is 394 g/mol. The van der Waals surface area contributed by atoms with Crippen LogP contribution in [0.2, 0.25) is 5.15 Å². The normalized spacial score (nSPS) is 11.4. The van der Waals surface area contributed by atoms with E-state index in [9.17, 15) is 9.90 Å². The van der Waals surface area contributed by atoms with Crippen LogP contribution in [0.25, 0.3) is 0 Å². The first-order valence-electron chi connectivity index (χ1n) is 8.64. The zero-order valence-electron chi connectivity index (χ0n) is 15.6. The highest BCUT2D eigenvalue weighted by Gasteiger charge is 2.18. The van der Waals surface area contributed by atoms with E-state index in [-0.39, 0.29) is 28.2 Å². The van der Waals surface area contributed by atoms with Crippen molar-refractivity contribution in [2.45, 2.75) is 12.8 Å². The monoisotopic (exact) mass is 393 g/mol. The Hall–Kier alpha value is -2.58. The Balaban J connectivity index is 1.78. The molecule has 1 aromatic heterocycles. The maximum atomic E-state index is 12.2. The number of nitrogens with one attached hydrogen (secondary N) is 1. The van der Waals surface area contributed by atoms with Gasteiger partial charge in [0.2, 0.25) is 0 Å². The first-order chi connectivity index (χ1) is 12.7. The minimum atomic E-state index is -0.425. The van der Waals surface area contributed by atoms with Crippen molar-refractivity contribution in [2.24, 2.45) is 0 Å². The maximum absolute atomic E-state index is 12.2. The summed E-state index contributed by atoms with van der Waals surface area (Å²) in [5.74, 6) is -0.196. The maximum Gasteiger partial charge on any atom is 0.273 e. The van der Waals surface area contributed by atoms with Gasteiger partial charge in [-0.15, -0.1) is 0 Å². The van der Waals surface area contributed by atoms with Gasteiger partial charge in [0.25, 0.3) is 5.91 Å². The Bertz CT molecular complexity index is 795. The summed E-state index contributed by atoms with van der Waals surface area (Å²) in [6.07, 6.45) is 1.93. The first-order valence-corrected chi connectivity index (χ1v) is 9.02. The number of carbonyl (C=O) groups excluding carboxylic acids is 1. The fourth-order valence-electron chi connectivity index (χ4n) is 2.65. The molecule has 1 amide bonds. The highest BCUT2D eigenvalue weighted by molar-refractivity contribution is 6.31. The molecule has 146 valence electrons. The molecule has 0 saturated heterocycles. The van der Waals surface area contributed by atoms with Gasteiger partial charge in [-0.25, -0.2) is 9.97 Å². The molecule has 0 radical (unpaired) electrons. The third kappa shape index (κ3) is 6.26. The van der Waals surface area contributed by atoms with E-state index in [2.05, 4.69) is 29.4 Å². The van der Waals surface area contributed by atoms with Crippen molar-refractivity contribution in [1.82, 2.24) is 15.3 Å². The highest BCUT2D eigenvalue weighted by atomic mass is 35.5. The summed E-state index contributed by atoms with van der Waals surface area (Å²) >= 11 is 5.80. The summed E-state index contributed by atoms with van der Waals surface area (Å²) in [5, 5.41) is 12.1. The van der Waals surface area contributed by atoms with Gasteiger partial charge in [0.15, 0.2) is 22.5 Å². The zero-order valence-corrected chi connectivity index (χ0v) is 16.3. The largest absolute Gasteiger partial charge is 0.508 e. The van der Waals surface area contributed by atoms with Gasteiger partial charge in [-0.3, -0.25) is 4.79 Å². The van der Waals surface area contributed by atoms with Crippen molar-refractivity contribution in [1.29, 1.82) is 0 Å². The van der Waals surface area contributed by atoms with Crippen molar-refractivity contribution in [3.63, 3.8) is 0 Å². The quantitative estimate of drug-likeness (QED) is 0.502. The molecule has 27 heavy (non-hydrogen) atoms. The second-order valence-corrected chi connectivity index (χ2v) is 7.40. The van der Waals surface area contributed by atoms with Gasteiger partial charge in [-0.05, 0) is 24.1 Å². The predicted molar refractivity (Wildman–Crippen MR) is 106 cm³/mol. The Labute approximate surface area is 163 Å². The molecule has 0 atom stereocenters. The predicted octanol–water partition coefficient (Wildman–Crippen LogP) is 1.44. The summed E-state index contributed by atoms with van der Waals surface area (Å²) in [6, 6.07) is 7.25. The van der Waals surface area contributed by atoms with Gasteiger partial charge in [0.05, 0.1) is 33.7 Å². The molecule has 0 spiro atoms. The van der Waals surface area contributed by atoms with E-state index in [1.807, 2.05) is 12.1 Å². The molecular formula is C18H26ClN6O2+. The average Bonchev–Trinajstić information content (AvgIpc) is 2.59. The number of aromatic nitrogens is 2. The second-order valence-electron chi connectivity index (χ2n) is 7.04. The molecule has 0 aliphatic carbocycles. The van der Waals surface area contributed by atoms with Gasteiger partial charge < -0.3 is 26.4 Å². The van der Waals surface area contributed by atoms with Crippen molar-refractivity contribution in [3.05, 3.63) is 40.7 Å². The van der Waals surface area contributed by atoms with Crippen LogP contribution in [0.4, 0.5) is 11.6 Å². The Kier molecular flexibility index (Phi) is 6.81. The van der Waals surface area contributed by atoms with E-state index >= 15 is 0 Å². The number of phenols is 1. The smallest absolute Gasteiger partial charge is 0.273 e. The third-order valence-corrected chi connectivity index (χ3v) is 4.57. The summed E-state index contributed by atoms with van der Waals surface area (Å²) in [7, 11) is 4.22. The number of phenolic OH excluding ortho intramolecular Hbond substituents is 1. The van der Waals surface area contributed by atoms with Crippen LogP contribution in [0.3, 0.4) is 0 Å². The van der Waals surface area contributed by atoms with E-state index in [0.717, 1.165) is 30.4 Å². The number of likely N-dealkylation sites (N-methyl/N-ethyl adjacent to an activating group) is 1. The van der Waals surface area contributed by atoms with Gasteiger partial charge >= 0.3 is 0 Å². The summed E-state index contributed by atoms with van der Waals surface area (Å²) in [6.45, 7) is 2.16. The van der Waals surface area contributed by atoms with Gasteiger partial charge in [0.1, 0.15) is 5.75 Å². The number of halogens is 1. The molecule has 6 N–H and O–H groups in total. The van der Waals surface area contributed by atoms with E-state index in [0.29, 0.717) is 6.54 Å². The molecule has 0 saturated carbocycles. The van der Waals surface area contributed by atoms with Crippen LogP contribution in [0.15, 0.2) is 24.3 Å². The van der Waals surface area contributed by atoms with Crippen LogP contribution in [-0.4, -0.2) is 59.2 Å². The number of hydrogen-bond acceptors (Lipinski definition) is 6. The summed E-state index contributed by atoms with van der Waals surface area (Å²) in [5.41, 5.74) is 12.4. The van der Waals surface area contributed by atoms with Gasteiger partial charge in [0, 0.05) is 6.42 Å². The topological polar surface area (TPSA) is 127 Å². The fraction of sp³-hybridized carbons (Fsp3) is 0.389. The Morgan fingerprint density at radius 2 is 1.81 bits per heavy atom. The number of aromatic hydroxyl groups is 1.